The van der Waals surface area contributed by atoms with E-state index in [2.05, 4.69) is 20.7 Å². The van der Waals surface area contributed by atoms with Crippen LogP contribution in [0.25, 0.3) is 0 Å². The first-order valence-corrected chi connectivity index (χ1v) is 12.6. The second-order valence-electron chi connectivity index (χ2n) is 7.58. The number of ether oxygens (including phenoxy) is 1. The van der Waals surface area contributed by atoms with E-state index in [4.69, 9.17) is 0 Å². The Morgan fingerprint density at radius 3 is 1.92 bits per heavy atom. The lowest BCUT2D eigenvalue weighted by molar-refractivity contribution is -0.348. The first-order chi connectivity index (χ1) is 17.2. The van der Waals surface area contributed by atoms with Gasteiger partial charge < -0.3 is 4.74 Å². The molecule has 0 spiro atoms. The third-order valence-corrected chi connectivity index (χ3v) is 7.49. The molecule has 0 aliphatic carbocycles. The Bertz CT molecular complexity index is 1380. The standard InChI is InChI=1S/C22H17BrF7NO6S/c1-4-38(35,36)17-10-13(23)6-7-14(17)18(33)31(11(2)32)16-8-5-12(9-15(16)19(34)37-3)20(24,21(25,26)27)22(28,29)30/h5-10H,4H2,1-3H3. The van der Waals surface area contributed by atoms with Crippen LogP contribution in [0.5, 0.6) is 0 Å². The van der Waals surface area contributed by atoms with E-state index in [1.807, 2.05) is 0 Å². The Hall–Kier alpha value is -3.01. The van der Waals surface area contributed by atoms with Gasteiger partial charge >= 0.3 is 24.0 Å². The predicted molar refractivity (Wildman–Crippen MR) is 122 cm³/mol. The molecule has 0 N–H and O–H groups in total. The van der Waals surface area contributed by atoms with E-state index in [1.165, 1.54) is 13.0 Å². The molecule has 208 valence electrons. The minimum absolute atomic E-state index is 0.00273. The van der Waals surface area contributed by atoms with Crippen LogP contribution in [0, 0.1) is 0 Å². The number of hydrogen-bond donors (Lipinski definition) is 0. The normalized spacial score (nSPS) is 12.7. The Labute approximate surface area is 219 Å². The molecule has 0 saturated carbocycles. The number of hydrogen-bond acceptors (Lipinski definition) is 6. The van der Waals surface area contributed by atoms with E-state index >= 15 is 0 Å². The number of halogens is 8. The number of amides is 2. The van der Waals surface area contributed by atoms with Crippen molar-refractivity contribution in [2.75, 3.05) is 17.8 Å². The molecule has 0 atom stereocenters. The van der Waals surface area contributed by atoms with Crippen LogP contribution < -0.4 is 4.90 Å². The molecule has 2 rings (SSSR count). The minimum atomic E-state index is -6.52. The first kappa shape index (κ1) is 31.2. The highest BCUT2D eigenvalue weighted by Gasteiger charge is 2.73. The van der Waals surface area contributed by atoms with Crippen LogP contribution in [0.1, 0.15) is 40.1 Å². The quantitative estimate of drug-likeness (QED) is 0.307. The lowest BCUT2D eigenvalue weighted by Crippen LogP contribution is -2.50. The van der Waals surface area contributed by atoms with E-state index in [9.17, 15) is 53.5 Å². The highest BCUT2D eigenvalue weighted by molar-refractivity contribution is 9.10. The zero-order chi connectivity index (χ0) is 29.4. The molecule has 38 heavy (non-hydrogen) atoms. The molecule has 0 heterocycles. The number of carbonyl (C=O) groups is 3. The number of sulfone groups is 1. The summed E-state index contributed by atoms with van der Waals surface area (Å²) < 4.78 is 124. The maximum Gasteiger partial charge on any atom is 0.435 e. The molecular formula is C22H17BrF7NO6S. The molecular weight excluding hydrogens is 619 g/mol. The highest BCUT2D eigenvalue weighted by Crippen LogP contribution is 2.53. The summed E-state index contributed by atoms with van der Waals surface area (Å²) >= 11 is 3.04. The van der Waals surface area contributed by atoms with Gasteiger partial charge in [-0.05, 0) is 30.3 Å². The lowest BCUT2D eigenvalue weighted by Gasteiger charge is -2.31. The van der Waals surface area contributed by atoms with Gasteiger partial charge in [-0.3, -0.25) is 9.59 Å². The SMILES string of the molecule is CCS(=O)(=O)c1cc(Br)ccc1C(=O)N(C(C)=O)c1ccc(C(F)(C(F)(F)F)C(F)(F)F)cc1C(=O)OC. The molecule has 0 aromatic heterocycles. The van der Waals surface area contributed by atoms with E-state index in [-0.39, 0.29) is 21.5 Å². The third-order valence-electron chi connectivity index (χ3n) is 5.23. The third kappa shape index (κ3) is 5.55. The number of esters is 1. The fourth-order valence-corrected chi connectivity index (χ4v) is 4.96. The van der Waals surface area contributed by atoms with E-state index in [1.54, 1.807) is 0 Å². The van der Waals surface area contributed by atoms with Crippen molar-refractivity contribution in [3.63, 3.8) is 0 Å². The lowest BCUT2D eigenvalue weighted by atomic mass is 9.91. The maximum atomic E-state index is 14.6. The van der Waals surface area contributed by atoms with Gasteiger partial charge in [0.2, 0.25) is 5.91 Å². The predicted octanol–water partition coefficient (Wildman–Crippen LogP) is 5.51. The topological polar surface area (TPSA) is 97.8 Å². The zero-order valence-corrected chi connectivity index (χ0v) is 21.9. The van der Waals surface area contributed by atoms with E-state index < -0.39 is 78.7 Å². The number of benzene rings is 2. The fraction of sp³-hybridized carbons (Fsp3) is 0.318. The second kappa shape index (κ2) is 10.6. The number of methoxy groups -OCH3 is 1. The smallest absolute Gasteiger partial charge is 0.435 e. The average Bonchev–Trinajstić information content (AvgIpc) is 2.81. The van der Waals surface area contributed by atoms with Gasteiger partial charge in [0.15, 0.2) is 9.84 Å². The Balaban J connectivity index is 2.90. The molecule has 0 saturated heterocycles. The van der Waals surface area contributed by atoms with Crippen LogP contribution in [0.2, 0.25) is 0 Å². The summed E-state index contributed by atoms with van der Waals surface area (Å²) in [7, 11) is -3.42. The van der Waals surface area contributed by atoms with Crippen LogP contribution in [0.15, 0.2) is 45.8 Å². The Kier molecular flexibility index (Phi) is 8.73. The van der Waals surface area contributed by atoms with Crippen molar-refractivity contribution >= 4 is 49.2 Å². The molecule has 2 aromatic rings. The van der Waals surface area contributed by atoms with Crippen molar-refractivity contribution in [1.29, 1.82) is 0 Å². The average molecular weight is 636 g/mol. The largest absolute Gasteiger partial charge is 0.465 e. The fourth-order valence-electron chi connectivity index (χ4n) is 3.33. The van der Waals surface area contributed by atoms with Crippen LogP contribution in [0.3, 0.4) is 0 Å². The van der Waals surface area contributed by atoms with Gasteiger partial charge in [-0.1, -0.05) is 28.9 Å². The van der Waals surface area contributed by atoms with Crippen LogP contribution in [0.4, 0.5) is 36.4 Å². The number of nitrogens with zero attached hydrogens (tertiary/aromatic N) is 1. The van der Waals surface area contributed by atoms with Crippen molar-refractivity contribution in [3.05, 3.63) is 57.6 Å². The molecule has 7 nitrogen and oxygen atoms in total. The van der Waals surface area contributed by atoms with Crippen molar-refractivity contribution in [1.82, 2.24) is 0 Å². The highest BCUT2D eigenvalue weighted by atomic mass is 79.9. The van der Waals surface area contributed by atoms with E-state index in [0.717, 1.165) is 19.1 Å². The summed E-state index contributed by atoms with van der Waals surface area (Å²) in [5.74, 6) is -4.72. The van der Waals surface area contributed by atoms with Gasteiger partial charge in [-0.25, -0.2) is 22.5 Å². The monoisotopic (exact) mass is 635 g/mol. The zero-order valence-electron chi connectivity index (χ0n) is 19.5. The van der Waals surface area contributed by atoms with Crippen LogP contribution in [-0.4, -0.2) is 51.4 Å². The number of rotatable bonds is 6. The summed E-state index contributed by atoms with van der Waals surface area (Å²) in [5.41, 5.74) is -10.7. The first-order valence-electron chi connectivity index (χ1n) is 10.2. The van der Waals surface area contributed by atoms with Crippen molar-refractivity contribution < 1.29 is 58.3 Å². The van der Waals surface area contributed by atoms with Gasteiger partial charge in [0.25, 0.3) is 5.91 Å². The summed E-state index contributed by atoms with van der Waals surface area (Å²) in [6.45, 7) is 2.01. The van der Waals surface area contributed by atoms with E-state index in [0.29, 0.717) is 13.2 Å². The number of anilines is 1. The van der Waals surface area contributed by atoms with Crippen LogP contribution >= 0.6 is 15.9 Å². The number of imide groups is 1. The number of carbonyl (C=O) groups excluding carboxylic acids is 3. The minimum Gasteiger partial charge on any atom is -0.465 e. The van der Waals surface area contributed by atoms with Gasteiger partial charge in [-0.2, -0.15) is 26.3 Å². The summed E-state index contributed by atoms with van der Waals surface area (Å²) in [4.78, 5) is 37.8. The molecule has 0 aliphatic heterocycles. The van der Waals surface area contributed by atoms with Gasteiger partial charge in [0, 0.05) is 17.0 Å². The van der Waals surface area contributed by atoms with Gasteiger partial charge in [0.05, 0.1) is 34.6 Å². The van der Waals surface area contributed by atoms with Gasteiger partial charge in [-0.15, -0.1) is 0 Å². The molecule has 0 fully saturated rings. The number of alkyl halides is 7. The molecule has 2 aromatic carbocycles. The summed E-state index contributed by atoms with van der Waals surface area (Å²) in [6.07, 6.45) is -13.0. The van der Waals surface area contributed by atoms with Crippen LogP contribution in [-0.2, 0) is 25.0 Å². The summed E-state index contributed by atoms with van der Waals surface area (Å²) in [6, 6.07) is 3.44. The van der Waals surface area contributed by atoms with Crippen molar-refractivity contribution in [2.45, 2.75) is 36.8 Å². The van der Waals surface area contributed by atoms with Gasteiger partial charge in [0.1, 0.15) is 0 Å². The molecule has 0 radical (unpaired) electrons. The van der Waals surface area contributed by atoms with Crippen molar-refractivity contribution in [2.24, 2.45) is 0 Å². The molecule has 16 heteroatoms. The Morgan fingerprint density at radius 1 is 0.921 bits per heavy atom. The molecule has 0 unspecified atom stereocenters. The maximum absolute atomic E-state index is 14.6. The van der Waals surface area contributed by atoms with Crippen molar-refractivity contribution in [3.8, 4) is 0 Å². The summed E-state index contributed by atoms with van der Waals surface area (Å²) in [5, 5.41) is 0. The second-order valence-corrected chi connectivity index (χ2v) is 10.7. The molecule has 0 bridgehead atoms. The molecule has 0 aliphatic rings. The Morgan fingerprint density at radius 2 is 1.47 bits per heavy atom. The molecule has 2 amide bonds.